The molecule has 3 amide bonds. The van der Waals surface area contributed by atoms with Crippen LogP contribution in [0, 0.1) is 0 Å². The topological polar surface area (TPSA) is 64.7 Å². The summed E-state index contributed by atoms with van der Waals surface area (Å²) in [6.45, 7) is 5.76. The second-order valence-corrected chi connectivity index (χ2v) is 4.06. The molecule has 0 aliphatic carbocycles. The minimum atomic E-state index is -0.0326. The van der Waals surface area contributed by atoms with Crippen LogP contribution in [0.4, 0.5) is 4.79 Å². The van der Waals surface area contributed by atoms with Crippen molar-refractivity contribution < 1.29 is 9.59 Å². The molecule has 106 valence electrons. The van der Waals surface area contributed by atoms with Gasteiger partial charge in [0.15, 0.2) is 0 Å². The Morgan fingerprint density at radius 1 is 1.11 bits per heavy atom. The lowest BCUT2D eigenvalue weighted by molar-refractivity contribution is -0.132. The predicted molar refractivity (Wildman–Crippen MR) is 73.0 cm³/mol. The largest absolute Gasteiger partial charge is 0.339 e. The standard InChI is InChI=1S/C11H22N4O2.ClH/c1-3-13-11(17)15-8-6-14(7-9-15)10(16)4-5-12-2;/h12H,3-9H2,1-2H3,(H,13,17);1H. The number of hydrogen-bond acceptors (Lipinski definition) is 3. The zero-order valence-electron chi connectivity index (χ0n) is 11.1. The van der Waals surface area contributed by atoms with E-state index in [1.807, 2.05) is 18.9 Å². The molecular weight excluding hydrogens is 256 g/mol. The van der Waals surface area contributed by atoms with Gasteiger partial charge in [-0.05, 0) is 14.0 Å². The Labute approximate surface area is 114 Å². The van der Waals surface area contributed by atoms with E-state index in [0.29, 0.717) is 45.7 Å². The van der Waals surface area contributed by atoms with Gasteiger partial charge in [0, 0.05) is 45.7 Å². The molecule has 1 aliphatic rings. The Hall–Kier alpha value is -1.01. The maximum absolute atomic E-state index is 11.7. The molecule has 1 aliphatic heterocycles. The highest BCUT2D eigenvalue weighted by atomic mass is 35.5. The van der Waals surface area contributed by atoms with Crippen molar-refractivity contribution in [3.05, 3.63) is 0 Å². The Bertz CT molecular complexity index is 268. The van der Waals surface area contributed by atoms with E-state index in [1.165, 1.54) is 0 Å². The quantitative estimate of drug-likeness (QED) is 0.754. The fourth-order valence-corrected chi connectivity index (χ4v) is 1.81. The number of nitrogens with one attached hydrogen (secondary N) is 2. The molecule has 1 saturated heterocycles. The van der Waals surface area contributed by atoms with Crippen LogP contribution >= 0.6 is 12.4 Å². The summed E-state index contributed by atoms with van der Waals surface area (Å²) in [4.78, 5) is 26.9. The van der Waals surface area contributed by atoms with Gasteiger partial charge in [-0.3, -0.25) is 4.79 Å². The first-order valence-corrected chi connectivity index (χ1v) is 6.14. The number of amides is 3. The van der Waals surface area contributed by atoms with Crippen molar-refractivity contribution >= 4 is 24.3 Å². The van der Waals surface area contributed by atoms with Crippen molar-refractivity contribution in [1.82, 2.24) is 20.4 Å². The van der Waals surface area contributed by atoms with Gasteiger partial charge in [0.05, 0.1) is 0 Å². The molecule has 0 bridgehead atoms. The van der Waals surface area contributed by atoms with Gasteiger partial charge in [0.2, 0.25) is 5.91 Å². The van der Waals surface area contributed by atoms with Gasteiger partial charge in [0.25, 0.3) is 0 Å². The summed E-state index contributed by atoms with van der Waals surface area (Å²) < 4.78 is 0. The van der Waals surface area contributed by atoms with Crippen LogP contribution in [-0.2, 0) is 4.79 Å². The van der Waals surface area contributed by atoms with Crippen LogP contribution in [0.15, 0.2) is 0 Å². The van der Waals surface area contributed by atoms with E-state index in [4.69, 9.17) is 0 Å². The van der Waals surface area contributed by atoms with Crippen molar-refractivity contribution in [2.45, 2.75) is 13.3 Å². The van der Waals surface area contributed by atoms with E-state index < -0.39 is 0 Å². The van der Waals surface area contributed by atoms with Crippen LogP contribution in [0.5, 0.6) is 0 Å². The SMILES string of the molecule is CCNC(=O)N1CCN(C(=O)CCNC)CC1.Cl. The highest BCUT2D eigenvalue weighted by Crippen LogP contribution is 2.03. The number of carbonyl (C=O) groups is 2. The molecule has 2 N–H and O–H groups in total. The van der Waals surface area contributed by atoms with Gasteiger partial charge in [-0.25, -0.2) is 4.79 Å². The van der Waals surface area contributed by atoms with Crippen molar-refractivity contribution in [1.29, 1.82) is 0 Å². The number of piperazine rings is 1. The molecule has 0 spiro atoms. The lowest BCUT2D eigenvalue weighted by Gasteiger charge is -2.34. The summed E-state index contributed by atoms with van der Waals surface area (Å²) in [6.07, 6.45) is 0.525. The molecule has 0 aromatic rings. The van der Waals surface area contributed by atoms with Crippen LogP contribution < -0.4 is 10.6 Å². The predicted octanol–water partition coefficient (Wildman–Crippen LogP) is -0.109. The number of carbonyl (C=O) groups excluding carboxylic acids is 2. The molecular formula is C11H23ClN4O2. The summed E-state index contributed by atoms with van der Waals surface area (Å²) in [5, 5.41) is 5.73. The van der Waals surface area contributed by atoms with Crippen LogP contribution in [-0.4, -0.2) is 68.1 Å². The monoisotopic (exact) mass is 278 g/mol. The van der Waals surface area contributed by atoms with Gasteiger partial charge >= 0.3 is 6.03 Å². The highest BCUT2D eigenvalue weighted by Gasteiger charge is 2.23. The van der Waals surface area contributed by atoms with Gasteiger partial charge in [-0.1, -0.05) is 0 Å². The Kier molecular flexibility index (Phi) is 8.49. The zero-order chi connectivity index (χ0) is 12.7. The van der Waals surface area contributed by atoms with E-state index >= 15 is 0 Å². The van der Waals surface area contributed by atoms with Gasteiger partial charge in [0.1, 0.15) is 0 Å². The second-order valence-electron chi connectivity index (χ2n) is 4.06. The molecule has 0 saturated carbocycles. The minimum Gasteiger partial charge on any atom is -0.339 e. The molecule has 1 fully saturated rings. The average molecular weight is 279 g/mol. The molecule has 18 heavy (non-hydrogen) atoms. The second kappa shape index (κ2) is 8.99. The summed E-state index contributed by atoms with van der Waals surface area (Å²) in [7, 11) is 1.83. The Balaban J connectivity index is 0.00000289. The molecule has 0 radical (unpaired) electrons. The van der Waals surface area contributed by atoms with Crippen molar-refractivity contribution in [2.24, 2.45) is 0 Å². The number of hydrogen-bond donors (Lipinski definition) is 2. The van der Waals surface area contributed by atoms with Crippen LogP contribution in [0.1, 0.15) is 13.3 Å². The van der Waals surface area contributed by atoms with E-state index in [9.17, 15) is 9.59 Å². The van der Waals surface area contributed by atoms with Gasteiger partial charge in [-0.15, -0.1) is 12.4 Å². The molecule has 0 unspecified atom stereocenters. The number of urea groups is 1. The maximum Gasteiger partial charge on any atom is 0.317 e. The summed E-state index contributed by atoms with van der Waals surface area (Å²) >= 11 is 0. The highest BCUT2D eigenvalue weighted by molar-refractivity contribution is 5.85. The Morgan fingerprint density at radius 3 is 2.17 bits per heavy atom. The van der Waals surface area contributed by atoms with Crippen LogP contribution in [0.25, 0.3) is 0 Å². The third-order valence-electron chi connectivity index (χ3n) is 2.84. The van der Waals surface area contributed by atoms with E-state index in [2.05, 4.69) is 10.6 Å². The first kappa shape index (κ1) is 17.0. The van der Waals surface area contributed by atoms with Crippen molar-refractivity contribution in [3.63, 3.8) is 0 Å². The smallest absolute Gasteiger partial charge is 0.317 e. The normalized spacial score (nSPS) is 15.0. The lowest BCUT2D eigenvalue weighted by atomic mass is 10.3. The number of rotatable bonds is 4. The fraction of sp³-hybridized carbons (Fsp3) is 0.818. The average Bonchev–Trinajstić information content (AvgIpc) is 2.36. The molecule has 1 heterocycles. The number of nitrogens with zero attached hydrogens (tertiary/aromatic N) is 2. The third kappa shape index (κ3) is 5.10. The molecule has 0 aromatic carbocycles. The maximum atomic E-state index is 11.7. The molecule has 7 heteroatoms. The fourth-order valence-electron chi connectivity index (χ4n) is 1.81. The van der Waals surface area contributed by atoms with Gasteiger partial charge in [-0.2, -0.15) is 0 Å². The Morgan fingerprint density at radius 2 is 1.67 bits per heavy atom. The first-order chi connectivity index (χ1) is 8.19. The lowest BCUT2D eigenvalue weighted by Crippen LogP contribution is -2.53. The molecule has 0 atom stereocenters. The first-order valence-electron chi connectivity index (χ1n) is 6.14. The minimum absolute atomic E-state index is 0. The van der Waals surface area contributed by atoms with Crippen molar-refractivity contribution in [2.75, 3.05) is 46.3 Å². The molecule has 6 nitrogen and oxygen atoms in total. The van der Waals surface area contributed by atoms with Gasteiger partial charge < -0.3 is 20.4 Å². The van der Waals surface area contributed by atoms with E-state index in [0.717, 1.165) is 0 Å². The molecule has 1 rings (SSSR count). The number of halogens is 1. The third-order valence-corrected chi connectivity index (χ3v) is 2.84. The van der Waals surface area contributed by atoms with Crippen molar-refractivity contribution in [3.8, 4) is 0 Å². The summed E-state index contributed by atoms with van der Waals surface area (Å²) in [5.41, 5.74) is 0. The summed E-state index contributed by atoms with van der Waals surface area (Å²) in [6, 6.07) is -0.0326. The van der Waals surface area contributed by atoms with E-state index in [-0.39, 0.29) is 24.3 Å². The van der Waals surface area contributed by atoms with Crippen LogP contribution in [0.3, 0.4) is 0 Å². The zero-order valence-corrected chi connectivity index (χ0v) is 11.9. The van der Waals surface area contributed by atoms with E-state index in [1.54, 1.807) is 4.90 Å². The molecule has 0 aromatic heterocycles. The summed E-state index contributed by atoms with van der Waals surface area (Å²) in [5.74, 6) is 0.162. The van der Waals surface area contributed by atoms with Crippen LogP contribution in [0.2, 0.25) is 0 Å².